The summed E-state index contributed by atoms with van der Waals surface area (Å²) in [5, 5.41) is 0.773. The van der Waals surface area contributed by atoms with Crippen molar-refractivity contribution in [3.05, 3.63) is 28.2 Å². The van der Waals surface area contributed by atoms with E-state index >= 15 is 0 Å². The summed E-state index contributed by atoms with van der Waals surface area (Å²) in [7, 11) is 0. The monoisotopic (exact) mass is 300 g/mol. The SMILES string of the molecule is CC(C)(C)N1CC(=O)N(c2cc(Cl)cc(Cl)c2)C1=O. The molecule has 1 aromatic carbocycles. The Morgan fingerprint density at radius 1 is 1.05 bits per heavy atom. The highest BCUT2D eigenvalue weighted by Crippen LogP contribution is 2.30. The highest BCUT2D eigenvalue weighted by atomic mass is 35.5. The minimum Gasteiger partial charge on any atom is -0.310 e. The molecule has 2 rings (SSSR count). The summed E-state index contributed by atoms with van der Waals surface area (Å²) in [6, 6.07) is 4.31. The van der Waals surface area contributed by atoms with E-state index in [9.17, 15) is 9.59 Å². The highest BCUT2D eigenvalue weighted by Gasteiger charge is 2.42. The van der Waals surface area contributed by atoms with E-state index in [1.165, 1.54) is 4.90 Å². The summed E-state index contributed by atoms with van der Waals surface area (Å²) in [5.41, 5.74) is -0.0108. The normalized spacial score (nSPS) is 16.5. The molecule has 0 spiro atoms. The van der Waals surface area contributed by atoms with Gasteiger partial charge in [0.25, 0.3) is 5.91 Å². The lowest BCUT2D eigenvalue weighted by molar-refractivity contribution is -0.117. The number of rotatable bonds is 1. The van der Waals surface area contributed by atoms with Crippen LogP contribution in [0.1, 0.15) is 20.8 Å². The number of carbonyl (C=O) groups is 2. The predicted molar refractivity (Wildman–Crippen MR) is 75.8 cm³/mol. The second-order valence-corrected chi connectivity index (χ2v) is 6.27. The minimum atomic E-state index is -0.413. The Bertz CT molecular complexity index is 532. The molecule has 19 heavy (non-hydrogen) atoms. The van der Waals surface area contributed by atoms with Crippen LogP contribution in [0.25, 0.3) is 0 Å². The number of benzene rings is 1. The molecule has 1 heterocycles. The molecule has 1 aliphatic heterocycles. The lowest BCUT2D eigenvalue weighted by Crippen LogP contribution is -2.44. The number of nitrogens with zero attached hydrogens (tertiary/aromatic N) is 2. The number of hydrogen-bond acceptors (Lipinski definition) is 2. The molecule has 0 bridgehead atoms. The summed E-state index contributed by atoms with van der Waals surface area (Å²) in [6.07, 6.45) is 0. The molecular formula is C13H14Cl2N2O2. The van der Waals surface area contributed by atoms with E-state index in [0.717, 1.165) is 4.90 Å². The Kier molecular flexibility index (Phi) is 3.49. The van der Waals surface area contributed by atoms with E-state index in [4.69, 9.17) is 23.2 Å². The van der Waals surface area contributed by atoms with Gasteiger partial charge in [0.1, 0.15) is 6.54 Å². The van der Waals surface area contributed by atoms with Crippen LogP contribution in [0.15, 0.2) is 18.2 Å². The van der Waals surface area contributed by atoms with Crippen LogP contribution in [0.2, 0.25) is 10.0 Å². The molecule has 0 N–H and O–H groups in total. The summed E-state index contributed by atoms with van der Waals surface area (Å²) < 4.78 is 0. The summed E-state index contributed by atoms with van der Waals surface area (Å²) in [5.74, 6) is -0.279. The number of carbonyl (C=O) groups excluding carboxylic acids is 2. The van der Waals surface area contributed by atoms with Crippen LogP contribution < -0.4 is 4.90 Å². The Morgan fingerprint density at radius 3 is 2.00 bits per heavy atom. The van der Waals surface area contributed by atoms with E-state index in [0.29, 0.717) is 15.7 Å². The first kappa shape index (κ1) is 14.2. The Morgan fingerprint density at radius 2 is 1.58 bits per heavy atom. The summed E-state index contributed by atoms with van der Waals surface area (Å²) >= 11 is 11.8. The zero-order valence-corrected chi connectivity index (χ0v) is 12.4. The maximum absolute atomic E-state index is 12.3. The molecule has 0 saturated carbocycles. The molecule has 1 aromatic rings. The van der Waals surface area contributed by atoms with Crippen molar-refractivity contribution in [2.45, 2.75) is 26.3 Å². The van der Waals surface area contributed by atoms with Gasteiger partial charge in [0.05, 0.1) is 5.69 Å². The fourth-order valence-electron chi connectivity index (χ4n) is 1.95. The minimum absolute atomic E-state index is 0.0620. The van der Waals surface area contributed by atoms with Crippen LogP contribution in [-0.2, 0) is 4.79 Å². The van der Waals surface area contributed by atoms with Crippen molar-refractivity contribution < 1.29 is 9.59 Å². The van der Waals surface area contributed by atoms with Gasteiger partial charge in [-0.1, -0.05) is 23.2 Å². The van der Waals surface area contributed by atoms with Gasteiger partial charge in [-0.25, -0.2) is 9.69 Å². The van der Waals surface area contributed by atoms with Crippen molar-refractivity contribution in [3.8, 4) is 0 Å². The third-order valence-corrected chi connectivity index (χ3v) is 3.32. The second-order valence-electron chi connectivity index (χ2n) is 5.40. The average Bonchev–Trinajstić information content (AvgIpc) is 2.52. The van der Waals surface area contributed by atoms with Gasteiger partial charge in [0.15, 0.2) is 0 Å². The topological polar surface area (TPSA) is 40.6 Å². The Hall–Kier alpha value is -1.26. The number of halogens is 2. The summed E-state index contributed by atoms with van der Waals surface area (Å²) in [4.78, 5) is 27.0. The van der Waals surface area contributed by atoms with Crippen LogP contribution in [0.5, 0.6) is 0 Å². The summed E-state index contributed by atoms with van der Waals surface area (Å²) in [6.45, 7) is 5.71. The molecule has 0 aromatic heterocycles. The molecule has 3 amide bonds. The van der Waals surface area contributed by atoms with Gasteiger partial charge < -0.3 is 4.90 Å². The van der Waals surface area contributed by atoms with Crippen LogP contribution in [0.4, 0.5) is 10.5 Å². The number of imide groups is 1. The van der Waals surface area contributed by atoms with Crippen molar-refractivity contribution in [3.63, 3.8) is 0 Å². The predicted octanol–water partition coefficient (Wildman–Crippen LogP) is 3.56. The molecular weight excluding hydrogens is 287 g/mol. The van der Waals surface area contributed by atoms with E-state index in [2.05, 4.69) is 0 Å². The molecule has 6 heteroatoms. The van der Waals surface area contributed by atoms with E-state index in [1.54, 1.807) is 18.2 Å². The van der Waals surface area contributed by atoms with E-state index in [-0.39, 0.29) is 18.5 Å². The number of anilines is 1. The first-order chi connectivity index (χ1) is 8.70. The molecule has 1 saturated heterocycles. The first-order valence-corrected chi connectivity index (χ1v) is 6.56. The molecule has 4 nitrogen and oxygen atoms in total. The van der Waals surface area contributed by atoms with Gasteiger partial charge in [-0.2, -0.15) is 0 Å². The van der Waals surface area contributed by atoms with Crippen LogP contribution >= 0.6 is 23.2 Å². The third kappa shape index (κ3) is 2.69. The van der Waals surface area contributed by atoms with Crippen molar-refractivity contribution >= 4 is 40.8 Å². The van der Waals surface area contributed by atoms with Crippen molar-refractivity contribution in [2.75, 3.05) is 11.4 Å². The molecule has 1 aliphatic rings. The number of hydrogen-bond donors (Lipinski definition) is 0. The second kappa shape index (κ2) is 4.69. The van der Waals surface area contributed by atoms with Crippen LogP contribution in [0.3, 0.4) is 0 Å². The Balaban J connectivity index is 2.40. The van der Waals surface area contributed by atoms with Crippen molar-refractivity contribution in [1.82, 2.24) is 4.90 Å². The fraction of sp³-hybridized carbons (Fsp3) is 0.385. The van der Waals surface area contributed by atoms with Crippen LogP contribution in [0, 0.1) is 0 Å². The third-order valence-electron chi connectivity index (χ3n) is 2.88. The zero-order chi connectivity index (χ0) is 14.4. The zero-order valence-electron chi connectivity index (χ0n) is 10.9. The highest BCUT2D eigenvalue weighted by molar-refractivity contribution is 6.35. The van der Waals surface area contributed by atoms with Gasteiger partial charge in [-0.05, 0) is 39.0 Å². The smallest absolute Gasteiger partial charge is 0.310 e. The molecule has 0 unspecified atom stereocenters. The fourth-order valence-corrected chi connectivity index (χ4v) is 2.46. The quantitative estimate of drug-likeness (QED) is 0.744. The van der Waals surface area contributed by atoms with E-state index in [1.807, 2.05) is 20.8 Å². The lowest BCUT2D eigenvalue weighted by Gasteiger charge is -2.30. The van der Waals surface area contributed by atoms with Gasteiger partial charge >= 0.3 is 6.03 Å². The molecule has 1 fully saturated rings. The standard InChI is InChI=1S/C13H14Cl2N2O2/c1-13(2,3)16-7-11(18)17(12(16)19)10-5-8(14)4-9(15)6-10/h4-6H,7H2,1-3H3. The van der Waals surface area contributed by atoms with E-state index < -0.39 is 5.54 Å². The first-order valence-electron chi connectivity index (χ1n) is 5.81. The maximum atomic E-state index is 12.3. The van der Waals surface area contributed by atoms with Crippen molar-refractivity contribution in [1.29, 1.82) is 0 Å². The number of amides is 3. The lowest BCUT2D eigenvalue weighted by atomic mass is 10.1. The number of urea groups is 1. The van der Waals surface area contributed by atoms with Crippen molar-refractivity contribution in [2.24, 2.45) is 0 Å². The molecule has 0 aliphatic carbocycles. The van der Waals surface area contributed by atoms with Crippen LogP contribution in [-0.4, -0.2) is 28.9 Å². The molecule has 0 radical (unpaired) electrons. The molecule has 0 atom stereocenters. The largest absolute Gasteiger partial charge is 0.332 e. The Labute approximate surface area is 121 Å². The maximum Gasteiger partial charge on any atom is 0.332 e. The van der Waals surface area contributed by atoms with Gasteiger partial charge in [-0.3, -0.25) is 4.79 Å². The average molecular weight is 301 g/mol. The van der Waals surface area contributed by atoms with Gasteiger partial charge in [0.2, 0.25) is 0 Å². The van der Waals surface area contributed by atoms with Gasteiger partial charge in [-0.15, -0.1) is 0 Å². The molecule has 102 valence electrons. The van der Waals surface area contributed by atoms with Gasteiger partial charge in [0, 0.05) is 15.6 Å².